The zero-order valence-corrected chi connectivity index (χ0v) is 12.9. The third kappa shape index (κ3) is 5.57. The summed E-state index contributed by atoms with van der Waals surface area (Å²) in [6.45, 7) is 1.47. The highest BCUT2D eigenvalue weighted by molar-refractivity contribution is 5.88. The van der Waals surface area contributed by atoms with Gasteiger partial charge in [-0.15, -0.1) is 0 Å². The number of benzene rings is 1. The van der Waals surface area contributed by atoms with Crippen LogP contribution < -0.4 is 15.4 Å². The Morgan fingerprint density at radius 1 is 1.30 bits per heavy atom. The second kappa shape index (κ2) is 8.72. The summed E-state index contributed by atoms with van der Waals surface area (Å²) >= 11 is 0. The number of amides is 2. The predicted octanol–water partition coefficient (Wildman–Crippen LogP) is 0.992. The molecule has 1 aromatic rings. The molecule has 0 heterocycles. The molecule has 2 amide bonds. The Morgan fingerprint density at radius 2 is 2.00 bits per heavy atom. The van der Waals surface area contributed by atoms with Gasteiger partial charge >= 0.3 is 5.97 Å². The van der Waals surface area contributed by atoms with Crippen molar-refractivity contribution < 1.29 is 28.6 Å². The number of carboxylic acids is 1. The van der Waals surface area contributed by atoms with Crippen molar-refractivity contribution in [3.63, 3.8) is 0 Å². The maximum Gasteiger partial charge on any atom is 0.330 e. The number of rotatable bonds is 8. The highest BCUT2D eigenvalue weighted by Gasteiger charge is 2.23. The molecule has 126 valence electrons. The number of halogens is 1. The van der Waals surface area contributed by atoms with Crippen molar-refractivity contribution >= 4 is 17.8 Å². The number of nitrogens with one attached hydrogen (secondary N) is 2. The number of hydrogen-bond acceptors (Lipinski definition) is 4. The lowest BCUT2D eigenvalue weighted by atomic mass is 10.1. The molecule has 1 aromatic carbocycles. The van der Waals surface area contributed by atoms with Crippen LogP contribution >= 0.6 is 0 Å². The van der Waals surface area contributed by atoms with E-state index in [1.165, 1.54) is 19.2 Å². The van der Waals surface area contributed by atoms with Gasteiger partial charge in [0.15, 0.2) is 17.6 Å². The van der Waals surface area contributed by atoms with Crippen molar-refractivity contribution in [1.29, 1.82) is 0 Å². The Balaban J connectivity index is 2.76. The van der Waals surface area contributed by atoms with Crippen LogP contribution in [0.3, 0.4) is 0 Å². The SMILES string of the molecule is CCCC(=O)NCC(=O)NC(C(=O)O)c1ccc(OC)c(F)c1. The van der Waals surface area contributed by atoms with Crippen LogP contribution in [0.2, 0.25) is 0 Å². The molecule has 0 saturated heterocycles. The van der Waals surface area contributed by atoms with E-state index in [9.17, 15) is 23.9 Å². The number of aliphatic carboxylic acids is 1. The summed E-state index contributed by atoms with van der Waals surface area (Å²) in [5.41, 5.74) is 0.0593. The van der Waals surface area contributed by atoms with Gasteiger partial charge in [-0.1, -0.05) is 13.0 Å². The molecule has 1 atom stereocenters. The Morgan fingerprint density at radius 3 is 2.52 bits per heavy atom. The van der Waals surface area contributed by atoms with Gasteiger partial charge in [-0.05, 0) is 24.1 Å². The van der Waals surface area contributed by atoms with Crippen LogP contribution in [0.1, 0.15) is 31.4 Å². The van der Waals surface area contributed by atoms with E-state index in [0.29, 0.717) is 6.42 Å². The Hall–Kier alpha value is -2.64. The van der Waals surface area contributed by atoms with Gasteiger partial charge in [-0.3, -0.25) is 9.59 Å². The van der Waals surface area contributed by atoms with Crippen LogP contribution in [0, 0.1) is 5.82 Å². The highest BCUT2D eigenvalue weighted by atomic mass is 19.1. The fraction of sp³-hybridized carbons (Fsp3) is 0.400. The van der Waals surface area contributed by atoms with E-state index in [0.717, 1.165) is 6.07 Å². The molecule has 0 radical (unpaired) electrons. The van der Waals surface area contributed by atoms with Crippen LogP contribution in [0.4, 0.5) is 4.39 Å². The summed E-state index contributed by atoms with van der Waals surface area (Å²) in [5.74, 6) is -3.09. The van der Waals surface area contributed by atoms with Crippen molar-refractivity contribution in [3.8, 4) is 5.75 Å². The van der Waals surface area contributed by atoms with E-state index in [2.05, 4.69) is 10.6 Å². The third-order valence-corrected chi connectivity index (χ3v) is 2.98. The van der Waals surface area contributed by atoms with E-state index in [-0.39, 0.29) is 30.2 Å². The third-order valence-electron chi connectivity index (χ3n) is 2.98. The topological polar surface area (TPSA) is 105 Å². The van der Waals surface area contributed by atoms with Gasteiger partial charge in [0.2, 0.25) is 11.8 Å². The average Bonchev–Trinajstić information content (AvgIpc) is 2.50. The molecule has 1 rings (SSSR count). The monoisotopic (exact) mass is 326 g/mol. The van der Waals surface area contributed by atoms with Gasteiger partial charge in [-0.2, -0.15) is 0 Å². The fourth-order valence-corrected chi connectivity index (χ4v) is 1.86. The number of carbonyl (C=O) groups is 3. The summed E-state index contributed by atoms with van der Waals surface area (Å²) in [6.07, 6.45) is 0.912. The highest BCUT2D eigenvalue weighted by Crippen LogP contribution is 2.22. The average molecular weight is 326 g/mol. The van der Waals surface area contributed by atoms with Crippen LogP contribution in [0.15, 0.2) is 18.2 Å². The zero-order valence-electron chi connectivity index (χ0n) is 12.9. The molecule has 0 aliphatic carbocycles. The molecule has 8 heteroatoms. The molecule has 1 unspecified atom stereocenters. The van der Waals surface area contributed by atoms with Crippen molar-refractivity contribution in [1.82, 2.24) is 10.6 Å². The molecule has 0 bridgehead atoms. The normalized spacial score (nSPS) is 11.4. The molecule has 7 nitrogen and oxygen atoms in total. The van der Waals surface area contributed by atoms with Gasteiger partial charge in [0.05, 0.1) is 13.7 Å². The largest absolute Gasteiger partial charge is 0.494 e. The van der Waals surface area contributed by atoms with Gasteiger partial charge in [0, 0.05) is 6.42 Å². The summed E-state index contributed by atoms with van der Waals surface area (Å²) in [6, 6.07) is 2.17. The minimum Gasteiger partial charge on any atom is -0.494 e. The summed E-state index contributed by atoms with van der Waals surface area (Å²) in [4.78, 5) is 34.3. The molecule has 0 aliphatic heterocycles. The molecule has 0 saturated carbocycles. The molecule has 0 aliphatic rings. The summed E-state index contributed by atoms with van der Waals surface area (Å²) in [5, 5.41) is 13.8. The first-order valence-corrected chi connectivity index (χ1v) is 7.01. The lowest BCUT2D eigenvalue weighted by Gasteiger charge is -2.16. The molecule has 0 aromatic heterocycles. The predicted molar refractivity (Wildman–Crippen MR) is 79.4 cm³/mol. The first kappa shape index (κ1) is 18.4. The van der Waals surface area contributed by atoms with Crippen LogP contribution in [-0.2, 0) is 14.4 Å². The van der Waals surface area contributed by atoms with Crippen molar-refractivity contribution in [3.05, 3.63) is 29.6 Å². The zero-order chi connectivity index (χ0) is 17.4. The molecular formula is C15H19FN2O5. The van der Waals surface area contributed by atoms with Crippen molar-refractivity contribution in [2.75, 3.05) is 13.7 Å². The Kier molecular flexibility index (Phi) is 6.98. The van der Waals surface area contributed by atoms with Crippen LogP contribution in [0.5, 0.6) is 5.75 Å². The second-order valence-electron chi connectivity index (χ2n) is 4.76. The van der Waals surface area contributed by atoms with Gasteiger partial charge in [0.1, 0.15) is 0 Å². The molecule has 0 spiro atoms. The van der Waals surface area contributed by atoms with E-state index in [1.54, 1.807) is 0 Å². The quantitative estimate of drug-likeness (QED) is 0.661. The number of hydrogen-bond donors (Lipinski definition) is 3. The number of carboxylic acid groups (broad SMARTS) is 1. The first-order valence-electron chi connectivity index (χ1n) is 7.01. The number of methoxy groups -OCH3 is 1. The molecule has 0 fully saturated rings. The minimum absolute atomic E-state index is 0.0314. The molecule has 3 N–H and O–H groups in total. The lowest BCUT2D eigenvalue weighted by Crippen LogP contribution is -2.41. The van der Waals surface area contributed by atoms with E-state index in [1.807, 2.05) is 6.92 Å². The lowest BCUT2D eigenvalue weighted by molar-refractivity contribution is -0.142. The standard InChI is InChI=1S/C15H19FN2O5/c1-3-4-12(19)17-8-13(20)18-14(15(21)22)9-5-6-11(23-2)10(16)7-9/h5-7,14H,3-4,8H2,1-2H3,(H,17,19)(H,18,20)(H,21,22). The molecule has 23 heavy (non-hydrogen) atoms. The van der Waals surface area contributed by atoms with Gasteiger partial charge in [-0.25, -0.2) is 9.18 Å². The number of carbonyl (C=O) groups excluding carboxylic acids is 2. The van der Waals surface area contributed by atoms with Gasteiger partial charge in [0.25, 0.3) is 0 Å². The van der Waals surface area contributed by atoms with Crippen LogP contribution in [0.25, 0.3) is 0 Å². The second-order valence-corrected chi connectivity index (χ2v) is 4.76. The maximum absolute atomic E-state index is 13.7. The van der Waals surface area contributed by atoms with Crippen LogP contribution in [-0.4, -0.2) is 36.5 Å². The van der Waals surface area contributed by atoms with E-state index in [4.69, 9.17) is 4.74 Å². The smallest absolute Gasteiger partial charge is 0.330 e. The van der Waals surface area contributed by atoms with E-state index >= 15 is 0 Å². The first-order chi connectivity index (χ1) is 10.9. The Bertz CT molecular complexity index is 591. The minimum atomic E-state index is -1.43. The number of ether oxygens (including phenoxy) is 1. The van der Waals surface area contributed by atoms with E-state index < -0.39 is 23.7 Å². The van der Waals surface area contributed by atoms with Gasteiger partial charge < -0.3 is 20.5 Å². The summed E-state index contributed by atoms with van der Waals surface area (Å²) < 4.78 is 18.4. The summed E-state index contributed by atoms with van der Waals surface area (Å²) in [7, 11) is 1.29. The maximum atomic E-state index is 13.7. The van der Waals surface area contributed by atoms with Crippen molar-refractivity contribution in [2.24, 2.45) is 0 Å². The fourth-order valence-electron chi connectivity index (χ4n) is 1.86. The Labute approximate surface area is 132 Å². The molecular weight excluding hydrogens is 307 g/mol. The van der Waals surface area contributed by atoms with Crippen molar-refractivity contribution in [2.45, 2.75) is 25.8 Å².